The molecular weight excluding hydrogens is 224 g/mol. The first kappa shape index (κ1) is 11.2. The third kappa shape index (κ3) is 3.08. The summed E-state index contributed by atoms with van der Waals surface area (Å²) >= 11 is 3.69. The van der Waals surface area contributed by atoms with Crippen LogP contribution in [0.1, 0.15) is 34.5 Å². The van der Waals surface area contributed by atoms with Gasteiger partial charge in [0.2, 0.25) is 0 Å². The van der Waals surface area contributed by atoms with Gasteiger partial charge in [-0.05, 0) is 43.3 Å². The van der Waals surface area contributed by atoms with Crippen molar-refractivity contribution < 1.29 is 4.79 Å². The van der Waals surface area contributed by atoms with E-state index in [1.807, 2.05) is 23.2 Å². The molecule has 0 atom stereocenters. The van der Waals surface area contributed by atoms with Crippen LogP contribution >= 0.6 is 23.1 Å². The molecular formula is C12H16OS2. The van der Waals surface area contributed by atoms with Gasteiger partial charge < -0.3 is 0 Å². The number of rotatable bonds is 3. The van der Waals surface area contributed by atoms with Gasteiger partial charge in [-0.2, -0.15) is 11.8 Å². The van der Waals surface area contributed by atoms with Crippen LogP contribution in [0.5, 0.6) is 0 Å². The fourth-order valence-electron chi connectivity index (χ4n) is 1.92. The molecule has 0 aliphatic carbocycles. The van der Waals surface area contributed by atoms with Crippen LogP contribution in [0.4, 0.5) is 0 Å². The van der Waals surface area contributed by atoms with Crippen molar-refractivity contribution in [2.45, 2.75) is 26.2 Å². The number of ketones is 1. The Morgan fingerprint density at radius 3 is 2.80 bits per heavy atom. The highest BCUT2D eigenvalue weighted by molar-refractivity contribution is 7.99. The molecule has 1 nitrogen and oxygen atoms in total. The highest BCUT2D eigenvalue weighted by Crippen LogP contribution is 2.27. The highest BCUT2D eigenvalue weighted by Gasteiger charge is 2.18. The molecule has 1 aliphatic rings. The van der Waals surface area contributed by atoms with E-state index in [0.29, 0.717) is 11.7 Å². The average Bonchev–Trinajstić information content (AvgIpc) is 2.66. The molecule has 0 N–H and O–H groups in total. The second kappa shape index (κ2) is 5.17. The molecule has 0 aromatic carbocycles. The van der Waals surface area contributed by atoms with Crippen LogP contribution in [-0.2, 0) is 0 Å². The van der Waals surface area contributed by atoms with Crippen molar-refractivity contribution in [2.24, 2.45) is 5.92 Å². The summed E-state index contributed by atoms with van der Waals surface area (Å²) < 4.78 is 0. The molecule has 3 heteroatoms. The summed E-state index contributed by atoms with van der Waals surface area (Å²) in [4.78, 5) is 13.2. The number of thiophene rings is 1. The molecule has 1 aliphatic heterocycles. The van der Waals surface area contributed by atoms with Crippen molar-refractivity contribution in [3.63, 3.8) is 0 Å². The van der Waals surface area contributed by atoms with Crippen molar-refractivity contribution in [3.05, 3.63) is 21.9 Å². The fraction of sp³-hybridized carbons (Fsp3) is 0.583. The summed E-state index contributed by atoms with van der Waals surface area (Å²) in [6, 6.07) is 2.02. The van der Waals surface area contributed by atoms with Gasteiger partial charge in [0.15, 0.2) is 5.78 Å². The lowest BCUT2D eigenvalue weighted by molar-refractivity contribution is 0.0959. The predicted octanol–water partition coefficient (Wildman–Crippen LogP) is 3.77. The lowest BCUT2D eigenvalue weighted by Gasteiger charge is -2.20. The van der Waals surface area contributed by atoms with Crippen LogP contribution in [0.3, 0.4) is 0 Å². The Morgan fingerprint density at radius 2 is 2.20 bits per heavy atom. The van der Waals surface area contributed by atoms with Crippen LogP contribution in [0.2, 0.25) is 0 Å². The summed E-state index contributed by atoms with van der Waals surface area (Å²) in [5.41, 5.74) is 0.927. The number of Topliss-reactive ketones (excluding diaryl/α,β-unsaturated/α-hetero) is 1. The largest absolute Gasteiger partial charge is 0.294 e. The number of hydrogen-bond donors (Lipinski definition) is 0. The van der Waals surface area contributed by atoms with Crippen molar-refractivity contribution in [1.29, 1.82) is 0 Å². The van der Waals surface area contributed by atoms with Crippen LogP contribution in [0.15, 0.2) is 11.4 Å². The van der Waals surface area contributed by atoms with Gasteiger partial charge >= 0.3 is 0 Å². The van der Waals surface area contributed by atoms with E-state index in [-0.39, 0.29) is 0 Å². The van der Waals surface area contributed by atoms with Gasteiger partial charge in [-0.25, -0.2) is 0 Å². The molecule has 0 amide bonds. The number of hydrogen-bond acceptors (Lipinski definition) is 3. The predicted molar refractivity (Wildman–Crippen MR) is 68.1 cm³/mol. The van der Waals surface area contributed by atoms with Crippen molar-refractivity contribution >= 4 is 28.9 Å². The maximum Gasteiger partial charge on any atom is 0.163 e. The molecule has 1 fully saturated rings. The molecule has 0 bridgehead atoms. The van der Waals surface area contributed by atoms with E-state index in [2.05, 4.69) is 6.92 Å². The molecule has 1 saturated heterocycles. The van der Waals surface area contributed by atoms with Crippen LogP contribution in [0.25, 0.3) is 0 Å². The first-order chi connectivity index (χ1) is 7.25. The number of thioether (sulfide) groups is 1. The Hall–Kier alpha value is -0.280. The fourth-order valence-corrected chi connectivity index (χ4v) is 3.83. The van der Waals surface area contributed by atoms with E-state index in [9.17, 15) is 4.79 Å². The van der Waals surface area contributed by atoms with E-state index in [4.69, 9.17) is 0 Å². The van der Waals surface area contributed by atoms with Gasteiger partial charge in [-0.3, -0.25) is 4.79 Å². The Balaban J connectivity index is 1.91. The molecule has 2 heterocycles. The lowest BCUT2D eigenvalue weighted by Crippen LogP contribution is -2.14. The zero-order valence-electron chi connectivity index (χ0n) is 8.99. The van der Waals surface area contributed by atoms with Crippen molar-refractivity contribution in [2.75, 3.05) is 11.5 Å². The zero-order chi connectivity index (χ0) is 10.7. The summed E-state index contributed by atoms with van der Waals surface area (Å²) in [6.45, 7) is 2.05. The summed E-state index contributed by atoms with van der Waals surface area (Å²) in [6.07, 6.45) is 3.20. The summed E-state index contributed by atoms with van der Waals surface area (Å²) in [5.74, 6) is 3.46. The molecule has 0 spiro atoms. The standard InChI is InChI=1S/C12H16OS2/c1-9-6-11(8-15-9)12(13)7-10-2-4-14-5-3-10/h6,8,10H,2-5,7H2,1H3. The minimum absolute atomic E-state index is 0.344. The molecule has 15 heavy (non-hydrogen) atoms. The number of aryl methyl sites for hydroxylation is 1. The summed E-state index contributed by atoms with van der Waals surface area (Å²) in [5, 5.41) is 2.00. The van der Waals surface area contributed by atoms with Crippen molar-refractivity contribution in [1.82, 2.24) is 0 Å². The van der Waals surface area contributed by atoms with E-state index >= 15 is 0 Å². The SMILES string of the molecule is Cc1cc(C(=O)CC2CCSCC2)cs1. The molecule has 2 rings (SSSR count). The summed E-state index contributed by atoms with van der Waals surface area (Å²) in [7, 11) is 0. The monoisotopic (exact) mass is 240 g/mol. The molecule has 1 aromatic rings. The normalized spacial score (nSPS) is 17.9. The Labute approximate surface area is 99.3 Å². The first-order valence-corrected chi connectivity index (χ1v) is 7.45. The van der Waals surface area contributed by atoms with Gasteiger partial charge in [0.25, 0.3) is 0 Å². The molecule has 0 saturated carbocycles. The number of carbonyl (C=O) groups is 1. The van der Waals surface area contributed by atoms with E-state index < -0.39 is 0 Å². The van der Waals surface area contributed by atoms with Gasteiger partial charge in [0.1, 0.15) is 0 Å². The third-order valence-corrected chi connectivity index (χ3v) is 4.78. The second-order valence-corrected chi connectivity index (χ2v) is 6.47. The van der Waals surface area contributed by atoms with Gasteiger partial charge in [-0.1, -0.05) is 0 Å². The highest BCUT2D eigenvalue weighted by atomic mass is 32.2. The molecule has 82 valence electrons. The van der Waals surface area contributed by atoms with Crippen LogP contribution < -0.4 is 0 Å². The smallest absolute Gasteiger partial charge is 0.163 e. The quantitative estimate of drug-likeness (QED) is 0.748. The minimum atomic E-state index is 0.344. The van der Waals surface area contributed by atoms with E-state index in [0.717, 1.165) is 12.0 Å². The molecule has 0 radical (unpaired) electrons. The maximum absolute atomic E-state index is 11.9. The van der Waals surface area contributed by atoms with E-state index in [1.165, 1.54) is 29.2 Å². The topological polar surface area (TPSA) is 17.1 Å². The molecule has 1 aromatic heterocycles. The van der Waals surface area contributed by atoms with Gasteiger partial charge in [-0.15, -0.1) is 11.3 Å². The third-order valence-electron chi connectivity index (χ3n) is 2.87. The zero-order valence-corrected chi connectivity index (χ0v) is 10.6. The average molecular weight is 240 g/mol. The van der Waals surface area contributed by atoms with Gasteiger partial charge in [0.05, 0.1) is 0 Å². The Bertz CT molecular complexity index is 337. The number of carbonyl (C=O) groups excluding carboxylic acids is 1. The van der Waals surface area contributed by atoms with Crippen LogP contribution in [0, 0.1) is 12.8 Å². The Kier molecular flexibility index (Phi) is 3.87. The van der Waals surface area contributed by atoms with Crippen molar-refractivity contribution in [3.8, 4) is 0 Å². The maximum atomic E-state index is 11.9. The van der Waals surface area contributed by atoms with Gasteiger partial charge in [0, 0.05) is 22.2 Å². The van der Waals surface area contributed by atoms with E-state index in [1.54, 1.807) is 11.3 Å². The molecule has 0 unspecified atom stereocenters. The minimum Gasteiger partial charge on any atom is -0.294 e. The second-order valence-electron chi connectivity index (χ2n) is 4.13. The lowest BCUT2D eigenvalue weighted by atomic mass is 9.94. The first-order valence-electron chi connectivity index (χ1n) is 5.42. The Morgan fingerprint density at radius 1 is 1.47 bits per heavy atom. The van der Waals surface area contributed by atoms with Crippen LogP contribution in [-0.4, -0.2) is 17.3 Å².